The van der Waals surface area contributed by atoms with Gasteiger partial charge in [-0.2, -0.15) is 0 Å². The zero-order valence-corrected chi connectivity index (χ0v) is 13.1. The first-order valence-electron chi connectivity index (χ1n) is 8.39. The van der Waals surface area contributed by atoms with Gasteiger partial charge in [0.1, 0.15) is 0 Å². The van der Waals surface area contributed by atoms with E-state index in [9.17, 15) is 0 Å². The lowest BCUT2D eigenvalue weighted by Gasteiger charge is -2.16. The van der Waals surface area contributed by atoms with Gasteiger partial charge in [0, 0.05) is 0 Å². The third-order valence-corrected chi connectivity index (χ3v) is 5.35. The Morgan fingerprint density at radius 2 is 0.917 bits per heavy atom. The number of fused-ring (bicyclic) bond motifs is 4. The Labute approximate surface area is 139 Å². The summed E-state index contributed by atoms with van der Waals surface area (Å²) in [5.41, 5.74) is 0. The zero-order valence-electron chi connectivity index (χ0n) is 13.1. The van der Waals surface area contributed by atoms with Crippen LogP contribution in [0.1, 0.15) is 0 Å². The molecule has 0 fully saturated rings. The molecule has 0 aromatic heterocycles. The fourth-order valence-electron chi connectivity index (χ4n) is 4.40. The first kappa shape index (κ1) is 12.3. The molecule has 0 bridgehead atoms. The quantitative estimate of drug-likeness (QED) is 0.212. The number of benzene rings is 6. The highest BCUT2D eigenvalue weighted by atomic mass is 14.2. The molecule has 6 rings (SSSR count). The van der Waals surface area contributed by atoms with Crippen LogP contribution in [0.3, 0.4) is 0 Å². The van der Waals surface area contributed by atoms with E-state index in [1.165, 1.54) is 53.9 Å². The summed E-state index contributed by atoms with van der Waals surface area (Å²) < 4.78 is 0. The molecule has 0 nitrogen and oxygen atoms in total. The van der Waals surface area contributed by atoms with Crippen molar-refractivity contribution in [1.82, 2.24) is 0 Å². The SMILES string of the molecule is c1ccc2c(c1)cc1cccc3c4cccc5cccc(c54)c2c13. The van der Waals surface area contributed by atoms with E-state index in [4.69, 9.17) is 0 Å². The molecule has 0 aliphatic rings. The minimum atomic E-state index is 1.31. The Morgan fingerprint density at radius 1 is 0.333 bits per heavy atom. The second-order valence-corrected chi connectivity index (χ2v) is 6.59. The standard InChI is InChI=1S/C24H14/c1-2-10-18-16(6-1)14-17-9-5-12-20-19-11-3-7-15-8-4-13-21(22(15)19)24(18)23(17)20/h1-14H. The summed E-state index contributed by atoms with van der Waals surface area (Å²) in [7, 11) is 0. The molecule has 0 atom stereocenters. The molecule has 0 heteroatoms. The number of hydrogen-bond donors (Lipinski definition) is 0. The molecule has 0 radical (unpaired) electrons. The highest BCUT2D eigenvalue weighted by molar-refractivity contribution is 6.37. The Balaban J connectivity index is 2.14. The van der Waals surface area contributed by atoms with Gasteiger partial charge in [-0.1, -0.05) is 78.9 Å². The molecule has 0 saturated carbocycles. The Bertz CT molecular complexity index is 1380. The predicted octanol–water partition coefficient (Wildman–Crippen LogP) is 6.89. The van der Waals surface area contributed by atoms with E-state index in [1.54, 1.807) is 0 Å². The van der Waals surface area contributed by atoms with Crippen LogP contribution in [0.2, 0.25) is 0 Å². The molecule has 110 valence electrons. The van der Waals surface area contributed by atoms with Gasteiger partial charge in [-0.3, -0.25) is 0 Å². The topological polar surface area (TPSA) is 0 Å². The summed E-state index contributed by atoms with van der Waals surface area (Å²) >= 11 is 0. The molecule has 0 unspecified atom stereocenters. The average molecular weight is 302 g/mol. The van der Waals surface area contributed by atoms with Crippen molar-refractivity contribution in [2.45, 2.75) is 0 Å². The molecular weight excluding hydrogens is 288 g/mol. The Kier molecular flexibility index (Phi) is 2.18. The number of hydrogen-bond acceptors (Lipinski definition) is 0. The predicted molar refractivity (Wildman–Crippen MR) is 105 cm³/mol. The van der Waals surface area contributed by atoms with Crippen LogP contribution in [0, 0.1) is 0 Å². The van der Waals surface area contributed by atoms with E-state index in [2.05, 4.69) is 84.9 Å². The number of rotatable bonds is 0. The maximum absolute atomic E-state index is 2.33. The molecule has 0 aliphatic carbocycles. The summed E-state index contributed by atoms with van der Waals surface area (Å²) in [4.78, 5) is 0. The highest BCUT2D eigenvalue weighted by Gasteiger charge is 2.14. The molecule has 0 amide bonds. The lowest BCUT2D eigenvalue weighted by molar-refractivity contribution is 1.78. The lowest BCUT2D eigenvalue weighted by Crippen LogP contribution is -1.88. The van der Waals surface area contributed by atoms with Crippen molar-refractivity contribution >= 4 is 53.9 Å². The fraction of sp³-hybridized carbons (Fsp3) is 0. The van der Waals surface area contributed by atoms with Crippen LogP contribution in [-0.4, -0.2) is 0 Å². The summed E-state index contributed by atoms with van der Waals surface area (Å²) in [6.07, 6.45) is 0. The van der Waals surface area contributed by atoms with Crippen LogP contribution in [0.15, 0.2) is 84.9 Å². The van der Waals surface area contributed by atoms with Crippen molar-refractivity contribution in [2.75, 3.05) is 0 Å². The molecule has 0 heterocycles. The van der Waals surface area contributed by atoms with E-state index >= 15 is 0 Å². The van der Waals surface area contributed by atoms with Gasteiger partial charge in [-0.05, 0) is 59.9 Å². The fourth-order valence-corrected chi connectivity index (χ4v) is 4.40. The largest absolute Gasteiger partial charge is 0.0616 e. The highest BCUT2D eigenvalue weighted by Crippen LogP contribution is 2.43. The maximum atomic E-state index is 2.33. The van der Waals surface area contributed by atoms with E-state index < -0.39 is 0 Å². The minimum Gasteiger partial charge on any atom is -0.0616 e. The molecular formula is C24H14. The third-order valence-electron chi connectivity index (χ3n) is 5.35. The Morgan fingerprint density at radius 3 is 1.75 bits per heavy atom. The van der Waals surface area contributed by atoms with Gasteiger partial charge in [0.25, 0.3) is 0 Å². The molecule has 0 saturated heterocycles. The average Bonchev–Trinajstić information content (AvgIpc) is 2.64. The first-order chi connectivity index (χ1) is 11.9. The van der Waals surface area contributed by atoms with Crippen LogP contribution >= 0.6 is 0 Å². The van der Waals surface area contributed by atoms with Gasteiger partial charge < -0.3 is 0 Å². The van der Waals surface area contributed by atoms with Crippen molar-refractivity contribution in [1.29, 1.82) is 0 Å². The monoisotopic (exact) mass is 302 g/mol. The third kappa shape index (κ3) is 1.39. The molecule has 0 spiro atoms. The van der Waals surface area contributed by atoms with Crippen molar-refractivity contribution < 1.29 is 0 Å². The Hall–Kier alpha value is -3.12. The van der Waals surface area contributed by atoms with Gasteiger partial charge in [-0.15, -0.1) is 0 Å². The molecule has 0 aliphatic heterocycles. The molecule has 6 aromatic rings. The van der Waals surface area contributed by atoms with E-state index in [0.717, 1.165) is 0 Å². The summed E-state index contributed by atoms with van der Waals surface area (Å²) in [6.45, 7) is 0. The van der Waals surface area contributed by atoms with Crippen molar-refractivity contribution in [3.05, 3.63) is 84.9 Å². The summed E-state index contributed by atoms with van der Waals surface area (Å²) in [6, 6.07) is 31.1. The van der Waals surface area contributed by atoms with Gasteiger partial charge in [0.05, 0.1) is 0 Å². The second kappa shape index (κ2) is 4.24. The molecule has 0 N–H and O–H groups in total. The lowest BCUT2D eigenvalue weighted by atomic mass is 9.87. The maximum Gasteiger partial charge on any atom is -0.00141 e. The van der Waals surface area contributed by atoms with Gasteiger partial charge in [0.15, 0.2) is 0 Å². The van der Waals surface area contributed by atoms with Crippen LogP contribution in [0.4, 0.5) is 0 Å². The zero-order chi connectivity index (χ0) is 15.7. The van der Waals surface area contributed by atoms with E-state index in [-0.39, 0.29) is 0 Å². The van der Waals surface area contributed by atoms with Crippen molar-refractivity contribution in [2.24, 2.45) is 0 Å². The van der Waals surface area contributed by atoms with Crippen LogP contribution in [-0.2, 0) is 0 Å². The van der Waals surface area contributed by atoms with Crippen LogP contribution < -0.4 is 0 Å². The first-order valence-corrected chi connectivity index (χ1v) is 8.39. The summed E-state index contributed by atoms with van der Waals surface area (Å²) in [5, 5.41) is 13.6. The van der Waals surface area contributed by atoms with Crippen LogP contribution in [0.25, 0.3) is 53.9 Å². The van der Waals surface area contributed by atoms with E-state index in [0.29, 0.717) is 0 Å². The molecule has 24 heavy (non-hydrogen) atoms. The van der Waals surface area contributed by atoms with Crippen LogP contribution in [0.5, 0.6) is 0 Å². The minimum absolute atomic E-state index is 1.31. The molecule has 6 aromatic carbocycles. The van der Waals surface area contributed by atoms with Gasteiger partial charge in [0.2, 0.25) is 0 Å². The van der Waals surface area contributed by atoms with Crippen molar-refractivity contribution in [3.63, 3.8) is 0 Å². The van der Waals surface area contributed by atoms with E-state index in [1.807, 2.05) is 0 Å². The van der Waals surface area contributed by atoms with Gasteiger partial charge in [-0.25, -0.2) is 0 Å². The smallest absolute Gasteiger partial charge is 0.00141 e. The summed E-state index contributed by atoms with van der Waals surface area (Å²) in [5.74, 6) is 0. The van der Waals surface area contributed by atoms with Crippen molar-refractivity contribution in [3.8, 4) is 0 Å². The van der Waals surface area contributed by atoms with Gasteiger partial charge >= 0.3 is 0 Å². The normalized spacial score (nSPS) is 12.2. The second-order valence-electron chi connectivity index (χ2n) is 6.59.